The first-order valence-corrected chi connectivity index (χ1v) is 6.37. The number of carbonyl (C=O) groups is 1. The van der Waals surface area contributed by atoms with Crippen molar-refractivity contribution in [2.75, 3.05) is 13.2 Å². The summed E-state index contributed by atoms with van der Waals surface area (Å²) in [4.78, 5) is 10.5. The molecule has 0 atom stereocenters. The summed E-state index contributed by atoms with van der Waals surface area (Å²) in [7, 11) is 0. The van der Waals surface area contributed by atoms with Crippen molar-refractivity contribution in [2.24, 2.45) is 0 Å². The second kappa shape index (κ2) is 7.06. The van der Waals surface area contributed by atoms with Crippen molar-refractivity contribution in [3.05, 3.63) is 28.2 Å². The standard InChI is InChI=1S/C13H15BrO4/c1-3-17-11-7-9(5-6-13(15)16)10(14)8-12(11)18-4-2/h5-8H,3-4H2,1-2H3,(H,15,16). The van der Waals surface area contributed by atoms with Crippen LogP contribution in [0.5, 0.6) is 11.5 Å². The molecule has 1 N–H and O–H groups in total. The highest BCUT2D eigenvalue weighted by atomic mass is 79.9. The van der Waals surface area contributed by atoms with E-state index in [0.717, 1.165) is 16.1 Å². The van der Waals surface area contributed by atoms with Gasteiger partial charge in [0.2, 0.25) is 0 Å². The Kier molecular flexibility index (Phi) is 5.71. The first-order valence-electron chi connectivity index (χ1n) is 5.58. The van der Waals surface area contributed by atoms with Crippen molar-refractivity contribution in [2.45, 2.75) is 13.8 Å². The number of carboxylic acids is 1. The summed E-state index contributed by atoms with van der Waals surface area (Å²) in [6.07, 6.45) is 2.58. The molecule has 0 fully saturated rings. The second-order valence-electron chi connectivity index (χ2n) is 3.36. The number of hydrogen-bond acceptors (Lipinski definition) is 3. The van der Waals surface area contributed by atoms with Crippen LogP contribution in [0.4, 0.5) is 0 Å². The zero-order valence-electron chi connectivity index (χ0n) is 10.3. The van der Waals surface area contributed by atoms with Crippen LogP contribution in [0, 0.1) is 0 Å². The monoisotopic (exact) mass is 314 g/mol. The van der Waals surface area contributed by atoms with E-state index in [4.69, 9.17) is 14.6 Å². The number of halogens is 1. The van der Waals surface area contributed by atoms with Gasteiger partial charge in [-0.3, -0.25) is 0 Å². The van der Waals surface area contributed by atoms with Crippen LogP contribution in [0.1, 0.15) is 19.4 Å². The minimum atomic E-state index is -0.992. The molecule has 0 aliphatic heterocycles. The summed E-state index contributed by atoms with van der Waals surface area (Å²) >= 11 is 3.37. The van der Waals surface area contributed by atoms with E-state index < -0.39 is 5.97 Å². The van der Waals surface area contributed by atoms with E-state index in [-0.39, 0.29) is 0 Å². The number of rotatable bonds is 6. The van der Waals surface area contributed by atoms with Crippen molar-refractivity contribution in [1.82, 2.24) is 0 Å². The van der Waals surface area contributed by atoms with E-state index >= 15 is 0 Å². The lowest BCUT2D eigenvalue weighted by atomic mass is 10.2. The van der Waals surface area contributed by atoms with Gasteiger partial charge in [-0.05, 0) is 37.6 Å². The maximum Gasteiger partial charge on any atom is 0.328 e. The highest BCUT2D eigenvalue weighted by molar-refractivity contribution is 9.10. The van der Waals surface area contributed by atoms with E-state index in [1.165, 1.54) is 6.08 Å². The molecule has 0 spiro atoms. The maximum atomic E-state index is 10.5. The Morgan fingerprint density at radius 3 is 2.33 bits per heavy atom. The Hall–Kier alpha value is -1.49. The number of carboxylic acid groups (broad SMARTS) is 1. The number of ether oxygens (including phenoxy) is 2. The molecule has 0 bridgehead atoms. The van der Waals surface area contributed by atoms with Crippen molar-refractivity contribution >= 4 is 28.0 Å². The molecule has 1 rings (SSSR count). The summed E-state index contributed by atoms with van der Waals surface area (Å²) < 4.78 is 11.7. The van der Waals surface area contributed by atoms with Gasteiger partial charge in [0.25, 0.3) is 0 Å². The van der Waals surface area contributed by atoms with Crippen LogP contribution in [0.25, 0.3) is 6.08 Å². The Bertz CT molecular complexity index is 455. The van der Waals surface area contributed by atoms with Gasteiger partial charge >= 0.3 is 5.97 Å². The molecule has 0 heterocycles. The molecule has 98 valence electrons. The largest absolute Gasteiger partial charge is 0.490 e. The van der Waals surface area contributed by atoms with E-state index in [1.807, 2.05) is 13.8 Å². The number of aliphatic carboxylic acids is 1. The predicted octanol–water partition coefficient (Wildman–Crippen LogP) is 3.34. The van der Waals surface area contributed by atoms with Gasteiger partial charge < -0.3 is 14.6 Å². The second-order valence-corrected chi connectivity index (χ2v) is 4.21. The molecule has 0 unspecified atom stereocenters. The molecular weight excluding hydrogens is 300 g/mol. The van der Waals surface area contributed by atoms with E-state index in [1.54, 1.807) is 12.1 Å². The fourth-order valence-corrected chi connectivity index (χ4v) is 1.83. The fraction of sp³-hybridized carbons (Fsp3) is 0.308. The van der Waals surface area contributed by atoms with Gasteiger partial charge in [-0.25, -0.2) is 4.79 Å². The molecule has 18 heavy (non-hydrogen) atoms. The minimum absolute atomic E-state index is 0.518. The summed E-state index contributed by atoms with van der Waals surface area (Å²) in [5.41, 5.74) is 0.726. The molecule has 0 aromatic heterocycles. The van der Waals surface area contributed by atoms with Crippen molar-refractivity contribution in [3.8, 4) is 11.5 Å². The lowest BCUT2D eigenvalue weighted by Gasteiger charge is -2.12. The Labute approximate surface area is 114 Å². The molecule has 0 saturated carbocycles. The van der Waals surface area contributed by atoms with Gasteiger partial charge in [-0.2, -0.15) is 0 Å². The van der Waals surface area contributed by atoms with Crippen LogP contribution in [0.15, 0.2) is 22.7 Å². The van der Waals surface area contributed by atoms with Crippen LogP contribution in [0.3, 0.4) is 0 Å². The van der Waals surface area contributed by atoms with Crippen molar-refractivity contribution < 1.29 is 19.4 Å². The van der Waals surface area contributed by atoms with Crippen LogP contribution in [0.2, 0.25) is 0 Å². The maximum absolute atomic E-state index is 10.5. The van der Waals surface area contributed by atoms with Gasteiger partial charge in [0, 0.05) is 10.5 Å². The van der Waals surface area contributed by atoms with Crippen LogP contribution >= 0.6 is 15.9 Å². The molecule has 1 aromatic carbocycles. The van der Waals surface area contributed by atoms with Gasteiger partial charge in [-0.1, -0.05) is 15.9 Å². The molecule has 1 aromatic rings. The Balaban J connectivity index is 3.13. The summed E-state index contributed by atoms with van der Waals surface area (Å²) in [5, 5.41) is 8.62. The van der Waals surface area contributed by atoms with Gasteiger partial charge in [0.05, 0.1) is 13.2 Å². The topological polar surface area (TPSA) is 55.8 Å². The number of benzene rings is 1. The molecular formula is C13H15BrO4. The Morgan fingerprint density at radius 2 is 1.83 bits per heavy atom. The quantitative estimate of drug-likeness (QED) is 0.818. The number of hydrogen-bond donors (Lipinski definition) is 1. The third kappa shape index (κ3) is 4.07. The zero-order chi connectivity index (χ0) is 13.5. The first kappa shape index (κ1) is 14.6. The smallest absolute Gasteiger partial charge is 0.328 e. The third-order valence-electron chi connectivity index (χ3n) is 2.07. The molecule has 0 radical (unpaired) electrons. The molecule has 0 aliphatic rings. The highest BCUT2D eigenvalue weighted by Gasteiger charge is 2.09. The van der Waals surface area contributed by atoms with Crippen molar-refractivity contribution in [1.29, 1.82) is 0 Å². The average Bonchev–Trinajstić information content (AvgIpc) is 2.31. The van der Waals surface area contributed by atoms with Gasteiger partial charge in [-0.15, -0.1) is 0 Å². The predicted molar refractivity (Wildman–Crippen MR) is 73.1 cm³/mol. The van der Waals surface area contributed by atoms with Crippen LogP contribution < -0.4 is 9.47 Å². The summed E-state index contributed by atoms with van der Waals surface area (Å²) in [5.74, 6) is 0.250. The normalized spacial score (nSPS) is 10.6. The van der Waals surface area contributed by atoms with Crippen LogP contribution in [-0.4, -0.2) is 24.3 Å². The first-order chi connectivity index (χ1) is 8.58. The van der Waals surface area contributed by atoms with Crippen molar-refractivity contribution in [3.63, 3.8) is 0 Å². The zero-order valence-corrected chi connectivity index (χ0v) is 11.9. The molecule has 4 nitrogen and oxygen atoms in total. The highest BCUT2D eigenvalue weighted by Crippen LogP contribution is 2.34. The summed E-state index contributed by atoms with van der Waals surface area (Å²) in [6, 6.07) is 3.52. The average molecular weight is 315 g/mol. The van der Waals surface area contributed by atoms with E-state index in [0.29, 0.717) is 24.7 Å². The fourth-order valence-electron chi connectivity index (χ4n) is 1.38. The van der Waals surface area contributed by atoms with Gasteiger partial charge in [0.1, 0.15) is 0 Å². The summed E-state index contributed by atoms with van der Waals surface area (Å²) in [6.45, 7) is 4.83. The van der Waals surface area contributed by atoms with Crippen LogP contribution in [-0.2, 0) is 4.79 Å². The molecule has 5 heteroatoms. The molecule has 0 amide bonds. The molecule has 0 saturated heterocycles. The lowest BCUT2D eigenvalue weighted by Crippen LogP contribution is -1.99. The lowest BCUT2D eigenvalue weighted by molar-refractivity contribution is -0.131. The van der Waals surface area contributed by atoms with E-state index in [2.05, 4.69) is 15.9 Å². The SMILES string of the molecule is CCOc1cc(Br)c(C=CC(=O)O)cc1OCC. The minimum Gasteiger partial charge on any atom is -0.490 e. The molecule has 0 aliphatic carbocycles. The third-order valence-corrected chi connectivity index (χ3v) is 2.75. The van der Waals surface area contributed by atoms with E-state index in [9.17, 15) is 4.79 Å². The van der Waals surface area contributed by atoms with Gasteiger partial charge in [0.15, 0.2) is 11.5 Å². The Morgan fingerprint density at radius 1 is 1.28 bits per heavy atom.